The summed E-state index contributed by atoms with van der Waals surface area (Å²) in [5.41, 5.74) is 4.91. The average molecular weight is 508 g/mol. The fourth-order valence-corrected chi connectivity index (χ4v) is 5.04. The summed E-state index contributed by atoms with van der Waals surface area (Å²) in [6, 6.07) is 1.78. The van der Waals surface area contributed by atoms with Crippen molar-refractivity contribution in [2.24, 2.45) is 7.05 Å². The summed E-state index contributed by atoms with van der Waals surface area (Å²) in [6.45, 7) is 5.90. The van der Waals surface area contributed by atoms with Crippen LogP contribution in [0.4, 0.5) is 21.0 Å². The number of fused-ring (bicyclic) bond motifs is 1. The number of rotatable bonds is 6. The Morgan fingerprint density at radius 2 is 2.11 bits per heavy atom. The number of alkyl carbamates (subject to hydrolysis) is 1. The lowest BCUT2D eigenvalue weighted by Crippen LogP contribution is -2.38. The predicted octanol–water partition coefficient (Wildman–Crippen LogP) is 4.08. The van der Waals surface area contributed by atoms with Gasteiger partial charge in [-0.25, -0.2) is 19.2 Å². The van der Waals surface area contributed by atoms with Gasteiger partial charge < -0.3 is 15.4 Å². The van der Waals surface area contributed by atoms with E-state index in [4.69, 9.17) is 9.72 Å². The van der Waals surface area contributed by atoms with E-state index in [0.717, 1.165) is 41.0 Å². The minimum Gasteiger partial charge on any atom is -0.443 e. The first-order valence-corrected chi connectivity index (χ1v) is 12.5. The zero-order chi connectivity index (χ0) is 25.9. The Kier molecular flexibility index (Phi) is 5.42. The Hall–Kier alpha value is -3.96. The molecule has 0 radical (unpaired) electrons. The van der Waals surface area contributed by atoms with Gasteiger partial charge in [0.2, 0.25) is 5.95 Å². The molecule has 12 heteroatoms. The van der Waals surface area contributed by atoms with Gasteiger partial charge in [-0.05, 0) is 46.5 Å². The van der Waals surface area contributed by atoms with Crippen molar-refractivity contribution in [3.05, 3.63) is 41.7 Å². The van der Waals surface area contributed by atoms with Gasteiger partial charge in [0.1, 0.15) is 17.9 Å². The highest BCUT2D eigenvalue weighted by Crippen LogP contribution is 2.40. The molecule has 4 aromatic rings. The van der Waals surface area contributed by atoms with E-state index in [-0.39, 0.29) is 5.54 Å². The molecule has 194 valence electrons. The Balaban J connectivity index is 1.19. The third-order valence-electron chi connectivity index (χ3n) is 7.63. The number of carbonyl (C=O) groups is 1. The number of carbonyl (C=O) groups excluding carboxylic acids is 1. The van der Waals surface area contributed by atoms with Crippen molar-refractivity contribution in [3.63, 3.8) is 0 Å². The number of hydrogen-bond donors (Lipinski definition) is 3. The molecule has 4 aromatic heterocycles. The van der Waals surface area contributed by atoms with Gasteiger partial charge >= 0.3 is 6.09 Å². The standard InChI is InChI=1S/C25H30FN9O2/c1-13-20(16-12-28-34(4)14(16)2)22-27-9-10-35(22)23(29-13)30-19-11-17(32-33-19)15-5-6-18(21(15)26)37-24(36)31-25(3)7-8-25/h9-12,15,18,21H,5-8H2,1-4H3,(H,31,36)(H2,29,30,32,33)/t15-,18-,21+/m0/s1. The maximum absolute atomic E-state index is 15.2. The second-order valence-electron chi connectivity index (χ2n) is 10.4. The maximum Gasteiger partial charge on any atom is 0.407 e. The Morgan fingerprint density at radius 3 is 2.84 bits per heavy atom. The SMILES string of the molecule is Cc1nc(Nc2cc([C@@H]3CC[C@H](OC(=O)NC4(C)CC4)[C@@H]3F)[nH]n2)n2ccnc2c1-c1cnn(C)c1C. The number of anilines is 2. The zero-order valence-electron chi connectivity index (χ0n) is 21.2. The van der Waals surface area contributed by atoms with Crippen molar-refractivity contribution in [2.45, 2.75) is 70.2 Å². The number of hydrogen-bond acceptors (Lipinski definition) is 7. The van der Waals surface area contributed by atoms with Crippen molar-refractivity contribution in [3.8, 4) is 11.1 Å². The molecule has 0 unspecified atom stereocenters. The molecule has 0 aromatic carbocycles. The molecule has 2 fully saturated rings. The molecule has 4 heterocycles. The molecule has 6 rings (SSSR count). The zero-order valence-corrected chi connectivity index (χ0v) is 21.2. The van der Waals surface area contributed by atoms with Crippen molar-refractivity contribution in [1.29, 1.82) is 0 Å². The highest BCUT2D eigenvalue weighted by Gasteiger charge is 2.43. The van der Waals surface area contributed by atoms with Crippen LogP contribution in [0.15, 0.2) is 24.7 Å². The molecule has 2 saturated carbocycles. The first-order chi connectivity index (χ1) is 17.7. The monoisotopic (exact) mass is 507 g/mol. The number of nitrogens with zero attached hydrogens (tertiary/aromatic N) is 6. The van der Waals surface area contributed by atoms with Crippen molar-refractivity contribution in [1.82, 2.24) is 39.7 Å². The van der Waals surface area contributed by atoms with Crippen molar-refractivity contribution < 1.29 is 13.9 Å². The Labute approximate surface area is 212 Å². The van der Waals surface area contributed by atoms with Crippen LogP contribution in [0, 0.1) is 13.8 Å². The first-order valence-electron chi connectivity index (χ1n) is 12.5. The van der Waals surface area contributed by atoms with Gasteiger partial charge in [0.05, 0.1) is 11.9 Å². The van der Waals surface area contributed by atoms with E-state index in [9.17, 15) is 4.79 Å². The van der Waals surface area contributed by atoms with Crippen LogP contribution in [0.5, 0.6) is 0 Å². The summed E-state index contributed by atoms with van der Waals surface area (Å²) >= 11 is 0. The number of halogens is 1. The fourth-order valence-electron chi connectivity index (χ4n) is 5.04. The molecular weight excluding hydrogens is 477 g/mol. The quantitative estimate of drug-likeness (QED) is 0.359. The maximum atomic E-state index is 15.2. The van der Waals surface area contributed by atoms with Crippen LogP contribution < -0.4 is 10.6 Å². The summed E-state index contributed by atoms with van der Waals surface area (Å²) in [5, 5.41) is 17.7. The molecule has 3 N–H and O–H groups in total. The van der Waals surface area contributed by atoms with E-state index in [1.807, 2.05) is 49.3 Å². The third kappa shape index (κ3) is 4.19. The van der Waals surface area contributed by atoms with E-state index in [1.165, 1.54) is 0 Å². The molecule has 0 aliphatic heterocycles. The molecule has 0 saturated heterocycles. The second kappa shape index (κ2) is 8.56. The van der Waals surface area contributed by atoms with Crippen LogP contribution in [0.2, 0.25) is 0 Å². The van der Waals surface area contributed by atoms with Crippen LogP contribution in [-0.2, 0) is 11.8 Å². The lowest BCUT2D eigenvalue weighted by molar-refractivity contribution is 0.0546. The molecule has 0 bridgehead atoms. The molecule has 3 atom stereocenters. The largest absolute Gasteiger partial charge is 0.443 e. The summed E-state index contributed by atoms with van der Waals surface area (Å²) < 4.78 is 24.3. The van der Waals surface area contributed by atoms with E-state index < -0.39 is 24.3 Å². The first kappa shape index (κ1) is 23.4. The van der Waals surface area contributed by atoms with Gasteiger partial charge in [-0.3, -0.25) is 14.2 Å². The Bertz CT molecular complexity index is 1480. The molecule has 11 nitrogen and oxygen atoms in total. The summed E-state index contributed by atoms with van der Waals surface area (Å²) in [7, 11) is 1.90. The number of aromatic nitrogens is 7. The van der Waals surface area contributed by atoms with Gasteiger partial charge in [0, 0.05) is 59.5 Å². The lowest BCUT2D eigenvalue weighted by atomic mass is 10.0. The van der Waals surface area contributed by atoms with Crippen LogP contribution in [-0.4, -0.2) is 58.3 Å². The van der Waals surface area contributed by atoms with Crippen LogP contribution in [0.1, 0.15) is 55.6 Å². The molecule has 2 aliphatic rings. The number of imidazole rings is 1. The number of alkyl halides is 1. The van der Waals surface area contributed by atoms with Crippen molar-refractivity contribution >= 4 is 23.5 Å². The van der Waals surface area contributed by atoms with Gasteiger partial charge in [0.15, 0.2) is 5.82 Å². The molecule has 2 aliphatic carbocycles. The normalized spacial score (nSPS) is 22.4. The molecule has 1 amide bonds. The lowest BCUT2D eigenvalue weighted by Gasteiger charge is -2.19. The van der Waals surface area contributed by atoms with E-state index in [2.05, 4.69) is 30.9 Å². The van der Waals surface area contributed by atoms with Gasteiger partial charge in [-0.1, -0.05) is 0 Å². The molecule has 0 spiro atoms. The summed E-state index contributed by atoms with van der Waals surface area (Å²) in [6.07, 6.45) is 5.60. The molecular formula is C25H30FN9O2. The summed E-state index contributed by atoms with van der Waals surface area (Å²) in [4.78, 5) is 21.5. The van der Waals surface area contributed by atoms with Crippen LogP contribution in [0.3, 0.4) is 0 Å². The van der Waals surface area contributed by atoms with Crippen molar-refractivity contribution in [2.75, 3.05) is 5.32 Å². The minimum atomic E-state index is -1.31. The smallest absolute Gasteiger partial charge is 0.407 e. The summed E-state index contributed by atoms with van der Waals surface area (Å²) in [5.74, 6) is 0.623. The van der Waals surface area contributed by atoms with Crippen LogP contribution in [0.25, 0.3) is 16.8 Å². The third-order valence-corrected chi connectivity index (χ3v) is 7.63. The highest BCUT2D eigenvalue weighted by molar-refractivity contribution is 5.82. The topological polar surface area (TPSA) is 127 Å². The van der Waals surface area contributed by atoms with E-state index >= 15 is 4.39 Å². The number of nitrogens with one attached hydrogen (secondary N) is 3. The van der Waals surface area contributed by atoms with E-state index in [0.29, 0.717) is 30.3 Å². The average Bonchev–Trinajstić information content (AvgIpc) is 3.31. The highest BCUT2D eigenvalue weighted by atomic mass is 19.1. The number of aromatic amines is 1. The fraction of sp³-hybridized carbons (Fsp3) is 0.480. The molecule has 37 heavy (non-hydrogen) atoms. The van der Waals surface area contributed by atoms with Crippen LogP contribution >= 0.6 is 0 Å². The number of amides is 1. The number of aryl methyl sites for hydroxylation is 2. The minimum absolute atomic E-state index is 0.201. The number of H-pyrrole nitrogens is 1. The van der Waals surface area contributed by atoms with Gasteiger partial charge in [0.25, 0.3) is 0 Å². The van der Waals surface area contributed by atoms with E-state index in [1.54, 1.807) is 12.3 Å². The predicted molar refractivity (Wildman–Crippen MR) is 134 cm³/mol. The number of ether oxygens (including phenoxy) is 1. The second-order valence-corrected chi connectivity index (χ2v) is 10.4. The Morgan fingerprint density at radius 1 is 1.30 bits per heavy atom. The van der Waals surface area contributed by atoms with Gasteiger partial charge in [-0.15, -0.1) is 0 Å². The van der Waals surface area contributed by atoms with Gasteiger partial charge in [-0.2, -0.15) is 10.2 Å².